The lowest BCUT2D eigenvalue weighted by Crippen LogP contribution is -2.36. The highest BCUT2D eigenvalue weighted by molar-refractivity contribution is 9.10. The second-order valence-electron chi connectivity index (χ2n) is 5.20. The number of hydrogen-bond acceptors (Lipinski definition) is 3. The largest absolute Gasteiger partial charge is 0.369 e. The van der Waals surface area contributed by atoms with Gasteiger partial charge in [0.15, 0.2) is 0 Å². The van der Waals surface area contributed by atoms with Crippen molar-refractivity contribution >= 4 is 40.2 Å². The summed E-state index contributed by atoms with van der Waals surface area (Å²) in [4.78, 5) is 25.0. The Balaban J connectivity index is 0.00000220. The van der Waals surface area contributed by atoms with Crippen LogP contribution >= 0.6 is 28.3 Å². The van der Waals surface area contributed by atoms with Gasteiger partial charge in [-0.15, -0.1) is 12.4 Å². The highest BCUT2D eigenvalue weighted by Crippen LogP contribution is 2.31. The van der Waals surface area contributed by atoms with Crippen LogP contribution in [0.25, 0.3) is 0 Å². The van der Waals surface area contributed by atoms with Gasteiger partial charge in [-0.25, -0.2) is 0 Å². The van der Waals surface area contributed by atoms with Crippen LogP contribution in [0.2, 0.25) is 0 Å². The fourth-order valence-electron chi connectivity index (χ4n) is 2.68. The minimum Gasteiger partial charge on any atom is -0.369 e. The summed E-state index contributed by atoms with van der Waals surface area (Å²) in [6.07, 6.45) is 0. The molecule has 5 nitrogen and oxygen atoms in total. The number of rotatable bonds is 4. The number of carbonyl (C=O) groups excluding carboxylic acids is 2. The monoisotopic (exact) mass is 375 g/mol. The van der Waals surface area contributed by atoms with Gasteiger partial charge in [0, 0.05) is 23.6 Å². The fourth-order valence-corrected chi connectivity index (χ4v) is 2.94. The number of nitrogens with zero attached hydrogens (tertiary/aromatic N) is 1. The first kappa shape index (κ1) is 17.9. The van der Waals surface area contributed by atoms with E-state index in [2.05, 4.69) is 20.8 Å². The minimum atomic E-state index is -0.495. The molecule has 0 bridgehead atoms. The van der Waals surface area contributed by atoms with Gasteiger partial charge in [0.25, 0.3) is 0 Å². The maximum absolute atomic E-state index is 11.4. The Hall–Kier alpha value is -1.11. The number of primary amides is 2. The van der Waals surface area contributed by atoms with Crippen molar-refractivity contribution in [1.29, 1.82) is 0 Å². The molecule has 0 aromatic heterocycles. The molecule has 2 rings (SSSR count). The lowest BCUT2D eigenvalue weighted by Gasteiger charge is -2.24. The van der Waals surface area contributed by atoms with Crippen molar-refractivity contribution in [3.8, 4) is 0 Å². The van der Waals surface area contributed by atoms with Gasteiger partial charge in [-0.2, -0.15) is 0 Å². The van der Waals surface area contributed by atoms with Crippen molar-refractivity contribution in [2.75, 3.05) is 13.1 Å². The Bertz CT molecular complexity index is 501. The third-order valence-corrected chi connectivity index (χ3v) is 4.51. The van der Waals surface area contributed by atoms with Crippen LogP contribution in [0, 0.1) is 11.8 Å². The molecule has 7 heteroatoms. The van der Waals surface area contributed by atoms with E-state index in [1.807, 2.05) is 31.2 Å². The summed E-state index contributed by atoms with van der Waals surface area (Å²) >= 11 is 3.40. The fraction of sp³-hybridized carbons (Fsp3) is 0.429. The van der Waals surface area contributed by atoms with E-state index in [-0.39, 0.29) is 18.4 Å². The first-order valence-corrected chi connectivity index (χ1v) is 7.27. The number of likely N-dealkylation sites (tertiary alicyclic amines) is 1. The molecule has 4 N–H and O–H groups in total. The topological polar surface area (TPSA) is 89.4 Å². The quantitative estimate of drug-likeness (QED) is 0.833. The smallest absolute Gasteiger partial charge is 0.222 e. The maximum atomic E-state index is 11.4. The Morgan fingerprint density at radius 1 is 1.14 bits per heavy atom. The molecular formula is C14H19BrClN3O2. The number of carbonyl (C=O) groups is 2. The zero-order valence-electron chi connectivity index (χ0n) is 11.7. The normalized spacial score (nSPS) is 23.3. The van der Waals surface area contributed by atoms with E-state index >= 15 is 0 Å². The summed E-state index contributed by atoms with van der Waals surface area (Å²) in [5.74, 6) is -1.91. The molecule has 1 fully saturated rings. The van der Waals surface area contributed by atoms with E-state index in [9.17, 15) is 9.59 Å². The van der Waals surface area contributed by atoms with Crippen LogP contribution in [0.4, 0.5) is 0 Å². The van der Waals surface area contributed by atoms with Gasteiger partial charge in [-0.1, -0.05) is 28.1 Å². The lowest BCUT2D eigenvalue weighted by atomic mass is 9.95. The van der Waals surface area contributed by atoms with Gasteiger partial charge < -0.3 is 11.5 Å². The Kier molecular flexibility index (Phi) is 6.19. The molecular weight excluding hydrogens is 358 g/mol. The number of hydrogen-bond donors (Lipinski definition) is 2. The molecule has 0 saturated carbocycles. The molecule has 1 aliphatic rings. The number of amides is 2. The number of nitrogens with two attached hydrogens (primary N) is 2. The highest BCUT2D eigenvalue weighted by Gasteiger charge is 2.41. The van der Waals surface area contributed by atoms with E-state index in [0.29, 0.717) is 13.1 Å². The summed E-state index contributed by atoms with van der Waals surface area (Å²) in [6, 6.07) is 8.09. The summed E-state index contributed by atoms with van der Waals surface area (Å²) in [7, 11) is 0. The lowest BCUT2D eigenvalue weighted by molar-refractivity contribution is -0.129. The molecule has 1 heterocycles. The van der Waals surface area contributed by atoms with Crippen molar-refractivity contribution in [2.45, 2.75) is 13.0 Å². The summed E-state index contributed by atoms with van der Waals surface area (Å²) in [5.41, 5.74) is 11.9. The molecule has 0 spiro atoms. The summed E-state index contributed by atoms with van der Waals surface area (Å²) < 4.78 is 1.01. The first-order chi connectivity index (χ1) is 9.40. The van der Waals surface area contributed by atoms with Crippen molar-refractivity contribution < 1.29 is 9.59 Å². The van der Waals surface area contributed by atoms with E-state index < -0.39 is 23.7 Å². The van der Waals surface area contributed by atoms with Crippen molar-refractivity contribution in [3.05, 3.63) is 34.3 Å². The first-order valence-electron chi connectivity index (χ1n) is 6.48. The van der Waals surface area contributed by atoms with Crippen molar-refractivity contribution in [2.24, 2.45) is 23.3 Å². The van der Waals surface area contributed by atoms with Crippen LogP contribution in [-0.4, -0.2) is 29.8 Å². The molecule has 2 amide bonds. The molecule has 3 atom stereocenters. The third-order valence-electron chi connectivity index (χ3n) is 3.98. The summed E-state index contributed by atoms with van der Waals surface area (Å²) in [6.45, 7) is 2.99. The van der Waals surface area contributed by atoms with E-state index in [0.717, 1.165) is 10.0 Å². The van der Waals surface area contributed by atoms with Gasteiger partial charge in [0.1, 0.15) is 0 Å². The van der Waals surface area contributed by atoms with E-state index in [1.165, 1.54) is 0 Å². The zero-order chi connectivity index (χ0) is 14.9. The minimum absolute atomic E-state index is 0. The SMILES string of the molecule is CC(c1ccc(Br)cc1)N1CC(C(N)=O)C(C(N)=O)C1.Cl. The number of benzene rings is 1. The Labute approximate surface area is 138 Å². The molecule has 0 radical (unpaired) electrons. The predicted molar refractivity (Wildman–Crippen MR) is 86.7 cm³/mol. The second-order valence-corrected chi connectivity index (χ2v) is 6.11. The maximum Gasteiger partial charge on any atom is 0.222 e. The third kappa shape index (κ3) is 3.96. The van der Waals surface area contributed by atoms with Gasteiger partial charge in [0.2, 0.25) is 11.8 Å². The zero-order valence-corrected chi connectivity index (χ0v) is 14.1. The molecule has 116 valence electrons. The van der Waals surface area contributed by atoms with Gasteiger partial charge in [-0.3, -0.25) is 14.5 Å². The van der Waals surface area contributed by atoms with E-state index in [1.54, 1.807) is 0 Å². The van der Waals surface area contributed by atoms with Crippen molar-refractivity contribution in [1.82, 2.24) is 4.90 Å². The molecule has 21 heavy (non-hydrogen) atoms. The van der Waals surface area contributed by atoms with Crippen molar-refractivity contribution in [3.63, 3.8) is 0 Å². The average Bonchev–Trinajstić information content (AvgIpc) is 2.84. The predicted octanol–water partition coefficient (Wildman–Crippen LogP) is 1.45. The molecule has 0 aliphatic carbocycles. The van der Waals surface area contributed by atoms with Crippen LogP contribution < -0.4 is 11.5 Å². The Morgan fingerprint density at radius 3 is 1.95 bits per heavy atom. The van der Waals surface area contributed by atoms with Crippen LogP contribution in [-0.2, 0) is 9.59 Å². The van der Waals surface area contributed by atoms with Crippen LogP contribution in [0.1, 0.15) is 18.5 Å². The highest BCUT2D eigenvalue weighted by atomic mass is 79.9. The molecule has 1 aromatic carbocycles. The standard InChI is InChI=1S/C14H18BrN3O2.ClH/c1-8(9-2-4-10(15)5-3-9)18-6-11(13(16)19)12(7-18)14(17)20;/h2-5,8,11-12H,6-7H2,1H3,(H2,16,19)(H2,17,20);1H. The number of halogens is 2. The van der Waals surface area contributed by atoms with E-state index in [4.69, 9.17) is 11.5 Å². The average molecular weight is 377 g/mol. The van der Waals surface area contributed by atoms with Crippen LogP contribution in [0.15, 0.2) is 28.7 Å². The van der Waals surface area contributed by atoms with Gasteiger partial charge in [0.05, 0.1) is 11.8 Å². The molecule has 1 saturated heterocycles. The second kappa shape index (κ2) is 7.24. The Morgan fingerprint density at radius 2 is 1.57 bits per heavy atom. The summed E-state index contributed by atoms with van der Waals surface area (Å²) in [5, 5.41) is 0. The van der Waals surface area contributed by atoms with Gasteiger partial charge in [-0.05, 0) is 24.6 Å². The molecule has 3 unspecified atom stereocenters. The molecule has 1 aliphatic heterocycles. The van der Waals surface area contributed by atoms with Crippen LogP contribution in [0.3, 0.4) is 0 Å². The molecule has 1 aromatic rings. The van der Waals surface area contributed by atoms with Gasteiger partial charge >= 0.3 is 0 Å². The van der Waals surface area contributed by atoms with Crippen LogP contribution in [0.5, 0.6) is 0 Å².